The zero-order valence-corrected chi connectivity index (χ0v) is 14.2. The molecule has 0 aliphatic rings. The van der Waals surface area contributed by atoms with Crippen LogP contribution in [-0.2, 0) is 0 Å². The zero-order chi connectivity index (χ0) is 20.7. The van der Waals surface area contributed by atoms with Gasteiger partial charge in [-0.3, -0.25) is 0 Å². The Bertz CT molecular complexity index is 1050. The molecule has 0 N–H and O–H groups in total. The van der Waals surface area contributed by atoms with E-state index >= 15 is 0 Å². The van der Waals surface area contributed by atoms with E-state index in [4.69, 9.17) is 7.85 Å². The van der Waals surface area contributed by atoms with E-state index in [1.807, 2.05) is 0 Å². The van der Waals surface area contributed by atoms with Gasteiger partial charge in [0.2, 0.25) is 0 Å². The molecule has 0 fully saturated rings. The van der Waals surface area contributed by atoms with E-state index in [9.17, 15) is 30.7 Å². The highest BCUT2D eigenvalue weighted by molar-refractivity contribution is 6.71. The molecule has 28 heavy (non-hydrogen) atoms. The van der Waals surface area contributed by atoms with E-state index in [2.05, 4.69) is 0 Å². The second kappa shape index (κ2) is 7.37. The molecule has 0 unspecified atom stereocenters. The number of rotatable bonds is 3. The maximum Gasteiger partial charge on any atom is 0.198 e. The van der Waals surface area contributed by atoms with Gasteiger partial charge in [0.25, 0.3) is 0 Å². The lowest BCUT2D eigenvalue weighted by Crippen LogP contribution is -2.43. The summed E-state index contributed by atoms with van der Waals surface area (Å²) in [5.41, 5.74) is -2.89. The smallest absolute Gasteiger partial charge is 0.198 e. The summed E-state index contributed by atoms with van der Waals surface area (Å²) < 4.78 is 97.0. The second-order valence-corrected chi connectivity index (χ2v) is 6.09. The summed E-state index contributed by atoms with van der Waals surface area (Å²) in [4.78, 5) is 0. The topological polar surface area (TPSA) is 0 Å². The lowest BCUT2D eigenvalue weighted by atomic mass is 9.59. The molecule has 3 aromatic rings. The monoisotopic (exact) mass is 391 g/mol. The van der Waals surface area contributed by atoms with Crippen LogP contribution in [0.5, 0.6) is 0 Å². The molecule has 3 rings (SSSR count). The number of aryl methyl sites for hydroxylation is 1. The van der Waals surface area contributed by atoms with Gasteiger partial charge in [0.05, 0.1) is 5.56 Å². The van der Waals surface area contributed by atoms with Crippen molar-refractivity contribution in [3.8, 4) is 11.1 Å². The van der Waals surface area contributed by atoms with Crippen LogP contribution in [0.25, 0.3) is 11.1 Å². The molecule has 0 atom stereocenters. The molecule has 0 heterocycles. The molecule has 139 valence electrons. The van der Waals surface area contributed by atoms with Crippen molar-refractivity contribution >= 4 is 31.5 Å². The third-order valence-corrected chi connectivity index (χ3v) is 4.09. The highest BCUT2D eigenvalue weighted by atomic mass is 19.2. The van der Waals surface area contributed by atoms with Gasteiger partial charge in [-0.05, 0) is 53.8 Å². The van der Waals surface area contributed by atoms with E-state index in [-0.39, 0.29) is 5.56 Å². The lowest BCUT2D eigenvalue weighted by Gasteiger charge is -2.12. The molecule has 0 bridgehead atoms. The van der Waals surface area contributed by atoms with Gasteiger partial charge in [-0.25, -0.2) is 30.7 Å². The molecule has 0 aliphatic heterocycles. The van der Waals surface area contributed by atoms with E-state index in [0.717, 1.165) is 12.1 Å². The van der Waals surface area contributed by atoms with Gasteiger partial charge in [0.1, 0.15) is 31.1 Å². The predicted octanol–water partition coefficient (Wildman–Crippen LogP) is 3.08. The SMILES string of the molecule is [B]c1c([B]c2c(F)cc(-c3c(F)cc(C)cc3F)cc2F)cc(F)c(F)c1F. The Morgan fingerprint density at radius 1 is 0.679 bits per heavy atom. The van der Waals surface area contributed by atoms with Crippen molar-refractivity contribution < 1.29 is 30.7 Å². The summed E-state index contributed by atoms with van der Waals surface area (Å²) in [6.45, 7) is 1.44. The fourth-order valence-electron chi connectivity index (χ4n) is 2.74. The summed E-state index contributed by atoms with van der Waals surface area (Å²) in [6.07, 6.45) is 0. The fraction of sp³-hybridized carbons (Fsp3) is 0.0526. The minimum absolute atomic E-state index is 0.278. The number of benzene rings is 3. The first-order valence-corrected chi connectivity index (χ1v) is 7.83. The first-order chi connectivity index (χ1) is 13.1. The van der Waals surface area contributed by atoms with Crippen LogP contribution in [-0.4, -0.2) is 15.1 Å². The van der Waals surface area contributed by atoms with Crippen LogP contribution in [0.4, 0.5) is 30.7 Å². The molecule has 9 heteroatoms. The Balaban J connectivity index is 2.08. The van der Waals surface area contributed by atoms with Crippen molar-refractivity contribution in [3.05, 3.63) is 76.6 Å². The van der Waals surface area contributed by atoms with E-state index in [0.29, 0.717) is 25.5 Å². The Morgan fingerprint density at radius 3 is 1.75 bits per heavy atom. The summed E-state index contributed by atoms with van der Waals surface area (Å²) >= 11 is 0. The normalized spacial score (nSPS) is 11.0. The zero-order valence-electron chi connectivity index (χ0n) is 14.2. The van der Waals surface area contributed by atoms with Gasteiger partial charge in [0, 0.05) is 0 Å². The third-order valence-electron chi connectivity index (χ3n) is 4.09. The molecule has 0 amide bonds. The van der Waals surface area contributed by atoms with E-state index in [1.54, 1.807) is 0 Å². The summed E-state index contributed by atoms with van der Waals surface area (Å²) in [5, 5.41) is 0. The maximum absolute atomic E-state index is 14.4. The highest BCUT2D eigenvalue weighted by Gasteiger charge is 2.21. The largest absolute Gasteiger partial charge is 0.207 e. The fourth-order valence-corrected chi connectivity index (χ4v) is 2.74. The van der Waals surface area contributed by atoms with Crippen molar-refractivity contribution in [1.29, 1.82) is 0 Å². The average molecular weight is 391 g/mol. The molecular formula is C19H8B2F7. The average Bonchev–Trinajstić information content (AvgIpc) is 2.59. The van der Waals surface area contributed by atoms with Gasteiger partial charge in [-0.15, -0.1) is 0 Å². The van der Waals surface area contributed by atoms with Crippen LogP contribution in [0, 0.1) is 47.6 Å². The summed E-state index contributed by atoms with van der Waals surface area (Å²) in [7, 11) is 5.98. The number of hydrogen-bond donors (Lipinski definition) is 0. The van der Waals surface area contributed by atoms with Crippen molar-refractivity contribution in [2.45, 2.75) is 6.92 Å². The van der Waals surface area contributed by atoms with Crippen molar-refractivity contribution in [3.63, 3.8) is 0 Å². The number of hydrogen-bond acceptors (Lipinski definition) is 0. The van der Waals surface area contributed by atoms with Gasteiger partial charge in [0.15, 0.2) is 24.7 Å². The first-order valence-electron chi connectivity index (χ1n) is 7.83. The van der Waals surface area contributed by atoms with Crippen LogP contribution >= 0.6 is 0 Å². The lowest BCUT2D eigenvalue weighted by molar-refractivity contribution is 0.452. The quantitative estimate of drug-likeness (QED) is 0.366. The molecule has 0 aromatic heterocycles. The molecule has 3 radical (unpaired) electrons. The Morgan fingerprint density at radius 2 is 1.21 bits per heavy atom. The van der Waals surface area contributed by atoms with Crippen LogP contribution in [0.15, 0.2) is 30.3 Å². The molecular weight excluding hydrogens is 383 g/mol. The van der Waals surface area contributed by atoms with Crippen LogP contribution in [0.3, 0.4) is 0 Å². The molecule has 0 aliphatic carbocycles. The summed E-state index contributed by atoms with van der Waals surface area (Å²) in [5.74, 6) is -9.68. The Labute approximate surface area is 157 Å². The molecule has 0 saturated heterocycles. The highest BCUT2D eigenvalue weighted by Crippen LogP contribution is 2.28. The standard InChI is InChI=1S/C19H8B2F7/c1-7-2-10(22)15(11(23)3-7)8-4-12(24)17(13(25)5-8)21-9-6-14(26)18(27)19(28)16(9)20/h2-6H,1H3. The van der Waals surface area contributed by atoms with Crippen LogP contribution in [0.1, 0.15) is 5.56 Å². The van der Waals surface area contributed by atoms with Gasteiger partial charge >= 0.3 is 0 Å². The van der Waals surface area contributed by atoms with E-state index < -0.39 is 68.2 Å². The van der Waals surface area contributed by atoms with Crippen molar-refractivity contribution in [2.75, 3.05) is 0 Å². The predicted molar refractivity (Wildman–Crippen MR) is 93.2 cm³/mol. The molecule has 0 nitrogen and oxygen atoms in total. The van der Waals surface area contributed by atoms with E-state index in [1.165, 1.54) is 6.92 Å². The first kappa shape index (κ1) is 20.0. The molecule has 0 saturated carbocycles. The summed E-state index contributed by atoms with van der Waals surface area (Å²) in [6, 6.07) is 3.80. The third kappa shape index (κ3) is 3.53. The maximum atomic E-state index is 14.4. The van der Waals surface area contributed by atoms with Crippen molar-refractivity contribution in [2.24, 2.45) is 0 Å². The van der Waals surface area contributed by atoms with Gasteiger partial charge in [-0.1, -0.05) is 10.9 Å². The second-order valence-electron chi connectivity index (χ2n) is 6.09. The van der Waals surface area contributed by atoms with Crippen LogP contribution in [0.2, 0.25) is 0 Å². The van der Waals surface area contributed by atoms with Gasteiger partial charge < -0.3 is 0 Å². The van der Waals surface area contributed by atoms with Gasteiger partial charge in [-0.2, -0.15) is 0 Å². The van der Waals surface area contributed by atoms with Crippen molar-refractivity contribution in [1.82, 2.24) is 0 Å². The number of halogens is 7. The minimum atomic E-state index is -1.82. The Hall–Kier alpha value is -2.70. The molecule has 3 aromatic carbocycles. The Kier molecular flexibility index (Phi) is 5.28. The minimum Gasteiger partial charge on any atom is -0.207 e. The van der Waals surface area contributed by atoms with Crippen LogP contribution < -0.4 is 16.4 Å². The molecule has 0 spiro atoms.